The first kappa shape index (κ1) is 15.5. The minimum Gasteiger partial charge on any atom is -0.490 e. The van der Waals surface area contributed by atoms with Gasteiger partial charge in [0.15, 0.2) is 5.75 Å². The highest BCUT2D eigenvalue weighted by Crippen LogP contribution is 2.32. The fourth-order valence-electron chi connectivity index (χ4n) is 1.72. The Morgan fingerprint density at radius 3 is 2.14 bits per heavy atom. The summed E-state index contributed by atoms with van der Waals surface area (Å²) in [7, 11) is 0. The molecule has 0 heterocycles. The lowest BCUT2D eigenvalue weighted by atomic mass is 10.2. The van der Waals surface area contributed by atoms with E-state index in [2.05, 4.69) is 6.07 Å². The summed E-state index contributed by atoms with van der Waals surface area (Å²) in [6.45, 7) is 0.711. The molecule has 5 heteroatoms. The predicted octanol–water partition coefficient (Wildman–Crippen LogP) is 4.52. The van der Waals surface area contributed by atoms with Gasteiger partial charge < -0.3 is 9.47 Å². The lowest BCUT2D eigenvalue weighted by Gasteiger charge is -2.11. The van der Waals surface area contributed by atoms with Gasteiger partial charge in [0.25, 0.3) is 0 Å². The second-order valence-electron chi connectivity index (χ2n) is 4.23. The van der Waals surface area contributed by atoms with Gasteiger partial charge in [0.05, 0.1) is 22.5 Å². The van der Waals surface area contributed by atoms with E-state index >= 15 is 0 Å². The Bertz CT molecular complexity index is 615. The average Bonchev–Trinajstić information content (AvgIpc) is 2.48. The number of hydrogen-bond acceptors (Lipinski definition) is 3. The van der Waals surface area contributed by atoms with Crippen molar-refractivity contribution in [2.75, 3.05) is 13.2 Å². The zero-order chi connectivity index (χ0) is 15.1. The van der Waals surface area contributed by atoms with E-state index in [1.54, 1.807) is 18.2 Å². The molecule has 0 aliphatic rings. The van der Waals surface area contributed by atoms with Crippen molar-refractivity contribution < 1.29 is 9.47 Å². The molecule has 0 spiro atoms. The molecule has 0 aromatic heterocycles. The van der Waals surface area contributed by atoms with Gasteiger partial charge >= 0.3 is 0 Å². The summed E-state index contributed by atoms with van der Waals surface area (Å²) >= 11 is 12.0. The summed E-state index contributed by atoms with van der Waals surface area (Å²) in [4.78, 5) is 0. The van der Waals surface area contributed by atoms with Crippen molar-refractivity contribution in [2.24, 2.45) is 0 Å². The summed E-state index contributed by atoms with van der Waals surface area (Å²) in [6, 6.07) is 14.7. The molecule has 0 N–H and O–H groups in total. The Kier molecular flexibility index (Phi) is 5.74. The van der Waals surface area contributed by atoms with Gasteiger partial charge in [-0.15, -0.1) is 0 Å². The van der Waals surface area contributed by atoms with Crippen LogP contribution < -0.4 is 9.47 Å². The SMILES string of the molecule is N#CCc1ccc(OCCOc2c(Cl)cccc2Cl)cc1. The average molecular weight is 322 g/mol. The molecule has 0 saturated carbocycles. The Balaban J connectivity index is 1.81. The molecule has 2 aromatic rings. The number of para-hydroxylation sites is 1. The number of nitrogens with zero attached hydrogens (tertiary/aromatic N) is 1. The van der Waals surface area contributed by atoms with Gasteiger partial charge in [-0.05, 0) is 29.8 Å². The van der Waals surface area contributed by atoms with Crippen LogP contribution in [-0.2, 0) is 6.42 Å². The molecular weight excluding hydrogens is 309 g/mol. The van der Waals surface area contributed by atoms with Crippen molar-refractivity contribution in [2.45, 2.75) is 6.42 Å². The van der Waals surface area contributed by atoms with Crippen LogP contribution >= 0.6 is 23.2 Å². The van der Waals surface area contributed by atoms with Gasteiger partial charge in [-0.1, -0.05) is 41.4 Å². The van der Waals surface area contributed by atoms with E-state index in [0.29, 0.717) is 35.4 Å². The fraction of sp³-hybridized carbons (Fsp3) is 0.188. The molecule has 0 saturated heterocycles. The van der Waals surface area contributed by atoms with Crippen molar-refractivity contribution in [3.63, 3.8) is 0 Å². The van der Waals surface area contributed by atoms with Gasteiger partial charge in [0.2, 0.25) is 0 Å². The van der Waals surface area contributed by atoms with E-state index in [0.717, 1.165) is 11.3 Å². The Labute approximate surface area is 133 Å². The van der Waals surface area contributed by atoms with Crippen LogP contribution in [0.1, 0.15) is 5.56 Å². The van der Waals surface area contributed by atoms with E-state index in [4.69, 9.17) is 37.9 Å². The fourth-order valence-corrected chi connectivity index (χ4v) is 2.23. The van der Waals surface area contributed by atoms with E-state index in [-0.39, 0.29) is 0 Å². The molecule has 0 aliphatic carbocycles. The van der Waals surface area contributed by atoms with Crippen LogP contribution in [0.15, 0.2) is 42.5 Å². The number of hydrogen-bond donors (Lipinski definition) is 0. The quantitative estimate of drug-likeness (QED) is 0.735. The minimum absolute atomic E-state index is 0.337. The van der Waals surface area contributed by atoms with E-state index in [1.165, 1.54) is 0 Å². The molecule has 108 valence electrons. The van der Waals surface area contributed by atoms with Crippen molar-refractivity contribution in [3.05, 3.63) is 58.1 Å². The zero-order valence-electron chi connectivity index (χ0n) is 11.2. The van der Waals surface area contributed by atoms with Crippen molar-refractivity contribution in [3.8, 4) is 17.6 Å². The number of rotatable bonds is 6. The maximum absolute atomic E-state index is 8.60. The maximum atomic E-state index is 8.60. The molecular formula is C16H13Cl2NO2. The summed E-state index contributed by atoms with van der Waals surface area (Å²) < 4.78 is 11.1. The van der Waals surface area contributed by atoms with Crippen molar-refractivity contribution in [1.29, 1.82) is 5.26 Å². The third-order valence-corrected chi connectivity index (χ3v) is 3.32. The lowest BCUT2D eigenvalue weighted by Crippen LogP contribution is -2.09. The number of nitriles is 1. The van der Waals surface area contributed by atoms with E-state index in [9.17, 15) is 0 Å². The lowest BCUT2D eigenvalue weighted by molar-refractivity contribution is 0.217. The summed E-state index contributed by atoms with van der Waals surface area (Å²) in [5.74, 6) is 1.19. The standard InChI is InChI=1S/C16H13Cl2NO2/c17-14-2-1-3-15(18)16(14)21-11-10-20-13-6-4-12(5-7-13)8-9-19/h1-7H,8,10-11H2. The molecule has 0 fully saturated rings. The van der Waals surface area contributed by atoms with Crippen LogP contribution in [0.25, 0.3) is 0 Å². The summed E-state index contributed by atoms with van der Waals surface area (Å²) in [5.41, 5.74) is 0.962. The van der Waals surface area contributed by atoms with E-state index < -0.39 is 0 Å². The summed E-state index contributed by atoms with van der Waals surface area (Å²) in [6.07, 6.45) is 0.397. The maximum Gasteiger partial charge on any atom is 0.156 e. The molecule has 2 rings (SSSR count). The number of ether oxygens (including phenoxy) is 2. The molecule has 21 heavy (non-hydrogen) atoms. The van der Waals surface area contributed by atoms with Crippen LogP contribution in [0.4, 0.5) is 0 Å². The van der Waals surface area contributed by atoms with Crippen LogP contribution in [0, 0.1) is 11.3 Å². The number of benzene rings is 2. The normalized spacial score (nSPS) is 9.95. The first-order valence-corrected chi connectivity index (χ1v) is 7.12. The molecule has 3 nitrogen and oxygen atoms in total. The molecule has 0 aliphatic heterocycles. The highest BCUT2D eigenvalue weighted by atomic mass is 35.5. The number of halogens is 2. The first-order chi connectivity index (χ1) is 10.2. The Hall–Kier alpha value is -1.89. The van der Waals surface area contributed by atoms with Gasteiger partial charge in [0, 0.05) is 0 Å². The topological polar surface area (TPSA) is 42.2 Å². The van der Waals surface area contributed by atoms with Crippen LogP contribution in [0.5, 0.6) is 11.5 Å². The third kappa shape index (κ3) is 4.56. The van der Waals surface area contributed by atoms with Gasteiger partial charge in [0.1, 0.15) is 19.0 Å². The van der Waals surface area contributed by atoms with Gasteiger partial charge in [-0.2, -0.15) is 5.26 Å². The molecule has 0 unspecified atom stereocenters. The highest BCUT2D eigenvalue weighted by molar-refractivity contribution is 6.37. The highest BCUT2D eigenvalue weighted by Gasteiger charge is 2.06. The second kappa shape index (κ2) is 7.78. The van der Waals surface area contributed by atoms with Gasteiger partial charge in [-0.25, -0.2) is 0 Å². The molecule has 0 radical (unpaired) electrons. The van der Waals surface area contributed by atoms with Crippen LogP contribution in [0.2, 0.25) is 10.0 Å². The Morgan fingerprint density at radius 1 is 0.905 bits per heavy atom. The smallest absolute Gasteiger partial charge is 0.156 e. The molecule has 0 bridgehead atoms. The second-order valence-corrected chi connectivity index (χ2v) is 5.04. The zero-order valence-corrected chi connectivity index (χ0v) is 12.7. The van der Waals surface area contributed by atoms with Crippen molar-refractivity contribution >= 4 is 23.2 Å². The summed E-state index contributed by atoms with van der Waals surface area (Å²) in [5, 5.41) is 9.55. The third-order valence-electron chi connectivity index (χ3n) is 2.72. The monoisotopic (exact) mass is 321 g/mol. The largest absolute Gasteiger partial charge is 0.490 e. The molecule has 0 atom stereocenters. The van der Waals surface area contributed by atoms with Gasteiger partial charge in [-0.3, -0.25) is 0 Å². The minimum atomic E-state index is 0.337. The van der Waals surface area contributed by atoms with Crippen LogP contribution in [-0.4, -0.2) is 13.2 Å². The first-order valence-electron chi connectivity index (χ1n) is 6.36. The molecule has 0 amide bonds. The predicted molar refractivity (Wildman–Crippen MR) is 83.2 cm³/mol. The Morgan fingerprint density at radius 2 is 1.52 bits per heavy atom. The van der Waals surface area contributed by atoms with Crippen molar-refractivity contribution in [1.82, 2.24) is 0 Å². The molecule has 2 aromatic carbocycles. The van der Waals surface area contributed by atoms with E-state index in [1.807, 2.05) is 24.3 Å². The van der Waals surface area contributed by atoms with Crippen LogP contribution in [0.3, 0.4) is 0 Å².